The van der Waals surface area contributed by atoms with Crippen LogP contribution in [0.25, 0.3) is 0 Å². The molecule has 0 spiro atoms. The highest BCUT2D eigenvalue weighted by Gasteiger charge is 2.44. The van der Waals surface area contributed by atoms with Gasteiger partial charge in [-0.1, -0.05) is 26.8 Å². The molecule has 0 saturated heterocycles. The molecule has 1 aliphatic rings. The van der Waals surface area contributed by atoms with E-state index in [1.54, 1.807) is 0 Å². The van der Waals surface area contributed by atoms with E-state index in [9.17, 15) is 9.50 Å². The van der Waals surface area contributed by atoms with Crippen LogP contribution in [0.4, 0.5) is 4.39 Å². The quantitative estimate of drug-likeness (QED) is 0.595. The Bertz CT molecular complexity index is 328. The van der Waals surface area contributed by atoms with E-state index in [1.807, 2.05) is 13.1 Å². The van der Waals surface area contributed by atoms with Crippen LogP contribution in [0.5, 0.6) is 0 Å². The van der Waals surface area contributed by atoms with Crippen LogP contribution >= 0.6 is 0 Å². The Kier molecular flexibility index (Phi) is 3.48. The first-order valence-corrected chi connectivity index (χ1v) is 8.43. The molecule has 2 nitrogen and oxygen atoms in total. The number of aliphatic hydroxyl groups is 1. The average Bonchev–Trinajstić information content (AvgIpc) is 1.98. The van der Waals surface area contributed by atoms with Gasteiger partial charge in [-0.15, -0.1) is 0 Å². The van der Waals surface area contributed by atoms with Crippen LogP contribution in [-0.4, -0.2) is 19.2 Å². The first-order chi connectivity index (χ1) is 7.06. The summed E-state index contributed by atoms with van der Waals surface area (Å²) in [6.45, 7) is 10.3. The summed E-state index contributed by atoms with van der Waals surface area (Å²) in [5, 5.41) is 10.2. The Morgan fingerprint density at radius 3 is 2.44 bits per heavy atom. The van der Waals surface area contributed by atoms with Gasteiger partial charge in [0.2, 0.25) is 0 Å². The molecular weight excluding hydrogens is 223 g/mol. The SMILES string of the molecule is CC(C)(C)[Si](C)(C)OC1(O)C=CC=C(F)C1. The van der Waals surface area contributed by atoms with Crippen LogP contribution in [0.3, 0.4) is 0 Å². The lowest BCUT2D eigenvalue weighted by atomic mass is 10.1. The molecule has 0 radical (unpaired) electrons. The summed E-state index contributed by atoms with van der Waals surface area (Å²) < 4.78 is 19.0. The molecule has 4 heteroatoms. The molecule has 1 N–H and O–H groups in total. The van der Waals surface area contributed by atoms with Crippen LogP contribution in [0.15, 0.2) is 24.1 Å². The van der Waals surface area contributed by atoms with Crippen molar-refractivity contribution in [2.75, 3.05) is 0 Å². The first-order valence-electron chi connectivity index (χ1n) is 5.52. The largest absolute Gasteiger partial charge is 0.387 e. The zero-order chi connectivity index (χ0) is 12.6. The summed E-state index contributed by atoms with van der Waals surface area (Å²) >= 11 is 0. The fourth-order valence-corrected chi connectivity index (χ4v) is 2.66. The van der Waals surface area contributed by atoms with Gasteiger partial charge in [0.15, 0.2) is 14.1 Å². The van der Waals surface area contributed by atoms with Crippen molar-refractivity contribution in [1.82, 2.24) is 0 Å². The third-order valence-electron chi connectivity index (χ3n) is 3.29. The monoisotopic (exact) mass is 244 g/mol. The average molecular weight is 244 g/mol. The van der Waals surface area contributed by atoms with Crippen molar-refractivity contribution in [2.24, 2.45) is 0 Å². The molecule has 0 fully saturated rings. The minimum absolute atomic E-state index is 0.00575. The Balaban J connectivity index is 2.82. The zero-order valence-electron chi connectivity index (χ0n) is 10.7. The molecule has 0 saturated carbocycles. The molecule has 0 bridgehead atoms. The summed E-state index contributed by atoms with van der Waals surface area (Å²) in [6, 6.07) is 0. The number of allylic oxidation sites excluding steroid dienone is 2. The zero-order valence-corrected chi connectivity index (χ0v) is 11.7. The molecule has 1 atom stereocenters. The van der Waals surface area contributed by atoms with Crippen molar-refractivity contribution in [3.63, 3.8) is 0 Å². The molecule has 16 heavy (non-hydrogen) atoms. The molecule has 0 heterocycles. The van der Waals surface area contributed by atoms with Crippen LogP contribution in [0, 0.1) is 0 Å². The fourth-order valence-electron chi connectivity index (χ4n) is 1.33. The maximum absolute atomic E-state index is 13.1. The summed E-state index contributed by atoms with van der Waals surface area (Å²) in [6.07, 6.45) is 4.29. The van der Waals surface area contributed by atoms with Crippen LogP contribution in [-0.2, 0) is 4.43 Å². The maximum atomic E-state index is 13.1. The van der Waals surface area contributed by atoms with Crippen molar-refractivity contribution in [2.45, 2.75) is 51.1 Å². The minimum atomic E-state index is -2.09. The summed E-state index contributed by atoms with van der Waals surface area (Å²) in [5.41, 5.74) is 0. The molecular formula is C12H21FO2Si. The smallest absolute Gasteiger partial charge is 0.196 e. The highest BCUT2D eigenvalue weighted by molar-refractivity contribution is 6.74. The second kappa shape index (κ2) is 4.09. The number of hydrogen-bond acceptors (Lipinski definition) is 2. The van der Waals surface area contributed by atoms with Gasteiger partial charge in [-0.25, -0.2) is 4.39 Å². The molecule has 0 aromatic carbocycles. The predicted molar refractivity (Wildman–Crippen MR) is 66.2 cm³/mol. The van der Waals surface area contributed by atoms with Crippen molar-refractivity contribution in [1.29, 1.82) is 0 Å². The molecule has 1 rings (SSSR count). The highest BCUT2D eigenvalue weighted by Crippen LogP contribution is 2.40. The van der Waals surface area contributed by atoms with Gasteiger partial charge in [-0.05, 0) is 30.3 Å². The summed E-state index contributed by atoms with van der Waals surface area (Å²) in [4.78, 5) is 0. The molecule has 1 aliphatic carbocycles. The molecule has 0 aliphatic heterocycles. The summed E-state index contributed by atoms with van der Waals surface area (Å²) in [5.74, 6) is -1.81. The van der Waals surface area contributed by atoms with E-state index >= 15 is 0 Å². The van der Waals surface area contributed by atoms with E-state index in [4.69, 9.17) is 4.43 Å². The van der Waals surface area contributed by atoms with Gasteiger partial charge in [0, 0.05) is 0 Å². The Labute approximate surface area is 97.9 Å². The lowest BCUT2D eigenvalue weighted by Gasteiger charge is -2.42. The van der Waals surface area contributed by atoms with Crippen molar-refractivity contribution in [3.8, 4) is 0 Å². The van der Waals surface area contributed by atoms with Crippen molar-refractivity contribution >= 4 is 8.32 Å². The van der Waals surface area contributed by atoms with Gasteiger partial charge in [0.1, 0.15) is 5.83 Å². The number of rotatable bonds is 2. The third kappa shape index (κ3) is 3.03. The van der Waals surface area contributed by atoms with Crippen molar-refractivity contribution in [3.05, 3.63) is 24.1 Å². The second-order valence-electron chi connectivity index (χ2n) is 5.86. The highest BCUT2D eigenvalue weighted by atomic mass is 28.4. The molecule has 0 aromatic rings. The second-order valence-corrected chi connectivity index (χ2v) is 10.6. The molecule has 0 aromatic heterocycles. The third-order valence-corrected chi connectivity index (χ3v) is 7.77. The fraction of sp³-hybridized carbons (Fsp3) is 0.667. The van der Waals surface area contributed by atoms with Gasteiger partial charge in [0.05, 0.1) is 6.42 Å². The maximum Gasteiger partial charge on any atom is 0.196 e. The van der Waals surface area contributed by atoms with Gasteiger partial charge >= 0.3 is 0 Å². The van der Waals surface area contributed by atoms with Gasteiger partial charge < -0.3 is 9.53 Å². The van der Waals surface area contributed by atoms with E-state index in [0.717, 1.165) is 0 Å². The Morgan fingerprint density at radius 1 is 1.44 bits per heavy atom. The van der Waals surface area contributed by atoms with Crippen LogP contribution < -0.4 is 0 Å². The lowest BCUT2D eigenvalue weighted by Crippen LogP contribution is -2.49. The lowest BCUT2D eigenvalue weighted by molar-refractivity contribution is -0.107. The van der Waals surface area contributed by atoms with E-state index in [1.165, 1.54) is 18.2 Å². The van der Waals surface area contributed by atoms with Gasteiger partial charge in [-0.2, -0.15) is 0 Å². The van der Waals surface area contributed by atoms with Crippen LogP contribution in [0.2, 0.25) is 18.1 Å². The number of halogens is 1. The molecule has 92 valence electrons. The van der Waals surface area contributed by atoms with E-state index in [0.29, 0.717) is 0 Å². The standard InChI is InChI=1S/C12H21FO2Si/c1-11(2,3)16(4,5)15-12(14)8-6-7-10(13)9-12/h6-8,14H,9H2,1-5H3. The Hall–Kier alpha value is -0.453. The van der Waals surface area contributed by atoms with Crippen molar-refractivity contribution < 1.29 is 13.9 Å². The molecule has 0 amide bonds. The van der Waals surface area contributed by atoms with E-state index in [2.05, 4.69) is 20.8 Å². The first kappa shape index (κ1) is 13.6. The minimum Gasteiger partial charge on any atom is -0.387 e. The summed E-state index contributed by atoms with van der Waals surface area (Å²) in [7, 11) is -2.09. The normalized spacial score (nSPS) is 26.8. The molecule has 1 unspecified atom stereocenters. The van der Waals surface area contributed by atoms with Crippen LogP contribution in [0.1, 0.15) is 27.2 Å². The van der Waals surface area contributed by atoms with Gasteiger partial charge in [0.25, 0.3) is 0 Å². The number of hydrogen-bond donors (Lipinski definition) is 1. The topological polar surface area (TPSA) is 29.5 Å². The predicted octanol–water partition coefficient (Wildman–Crippen LogP) is 3.51. The Morgan fingerprint density at radius 2 is 2.00 bits per heavy atom. The van der Waals surface area contributed by atoms with Gasteiger partial charge in [-0.3, -0.25) is 0 Å². The van der Waals surface area contributed by atoms with E-state index < -0.39 is 14.1 Å². The van der Waals surface area contributed by atoms with E-state index in [-0.39, 0.29) is 17.3 Å².